The van der Waals surface area contributed by atoms with E-state index in [1.807, 2.05) is 12.1 Å². The van der Waals surface area contributed by atoms with Crippen molar-refractivity contribution in [1.29, 1.82) is 0 Å². The number of thioether (sulfide) groups is 1. The van der Waals surface area contributed by atoms with Gasteiger partial charge < -0.3 is 9.84 Å². The molecule has 1 N–H and O–H groups in total. The number of hydrogen-bond donors (Lipinski definition) is 1. The van der Waals surface area contributed by atoms with E-state index in [-0.39, 0.29) is 0 Å². The molecule has 0 aromatic heterocycles. The number of aliphatic hydroxyl groups is 1. The first-order valence-corrected chi connectivity index (χ1v) is 6.10. The summed E-state index contributed by atoms with van der Waals surface area (Å²) < 4.78 is 4.96. The van der Waals surface area contributed by atoms with Gasteiger partial charge in [0.1, 0.15) is 0 Å². The van der Waals surface area contributed by atoms with Crippen LogP contribution in [0.1, 0.15) is 18.6 Å². The number of halogens is 1. The lowest BCUT2D eigenvalue weighted by molar-refractivity contribution is 0.199. The lowest BCUT2D eigenvalue weighted by atomic mass is 10.1. The molecule has 4 heteroatoms. The Kier molecular flexibility index (Phi) is 5.47. The molecule has 0 aliphatic rings. The standard InChI is InChI=1S/C11H15ClO2S/c1-8(13)9-3-4-11(10(12)7-9)15-6-5-14-2/h3-4,7-8,13H,5-6H2,1-2H3/t8-/m1/s1. The predicted octanol–water partition coefficient (Wildman–Crippen LogP) is 3.13. The summed E-state index contributed by atoms with van der Waals surface area (Å²) in [6, 6.07) is 5.64. The molecule has 0 radical (unpaired) electrons. The Hall–Kier alpha value is -0.220. The fraction of sp³-hybridized carbons (Fsp3) is 0.455. The molecule has 1 aromatic carbocycles. The smallest absolute Gasteiger partial charge is 0.0762 e. The van der Waals surface area contributed by atoms with Crippen LogP contribution >= 0.6 is 23.4 Å². The van der Waals surface area contributed by atoms with Crippen LogP contribution in [0.25, 0.3) is 0 Å². The van der Waals surface area contributed by atoms with E-state index in [9.17, 15) is 5.11 Å². The molecule has 0 aliphatic carbocycles. The maximum Gasteiger partial charge on any atom is 0.0762 e. The third-order valence-corrected chi connectivity index (χ3v) is 3.45. The number of hydrogen-bond acceptors (Lipinski definition) is 3. The molecule has 0 saturated heterocycles. The summed E-state index contributed by atoms with van der Waals surface area (Å²) >= 11 is 7.73. The Bertz CT molecular complexity index is 315. The summed E-state index contributed by atoms with van der Waals surface area (Å²) in [5.41, 5.74) is 0.844. The molecule has 0 spiro atoms. The number of methoxy groups -OCH3 is 1. The van der Waals surface area contributed by atoms with Crippen LogP contribution in [0.2, 0.25) is 5.02 Å². The minimum absolute atomic E-state index is 0.472. The van der Waals surface area contributed by atoms with Crippen LogP contribution in [0.5, 0.6) is 0 Å². The van der Waals surface area contributed by atoms with Crippen molar-refractivity contribution in [1.82, 2.24) is 0 Å². The second kappa shape index (κ2) is 6.38. The molecule has 15 heavy (non-hydrogen) atoms. The van der Waals surface area contributed by atoms with Crippen molar-refractivity contribution in [2.75, 3.05) is 19.5 Å². The molecule has 1 atom stereocenters. The Morgan fingerprint density at radius 3 is 2.80 bits per heavy atom. The van der Waals surface area contributed by atoms with Gasteiger partial charge in [-0.15, -0.1) is 11.8 Å². The van der Waals surface area contributed by atoms with Gasteiger partial charge in [-0.25, -0.2) is 0 Å². The van der Waals surface area contributed by atoms with Crippen molar-refractivity contribution < 1.29 is 9.84 Å². The van der Waals surface area contributed by atoms with Crippen LogP contribution in [-0.4, -0.2) is 24.6 Å². The average Bonchev–Trinajstić information content (AvgIpc) is 2.20. The van der Waals surface area contributed by atoms with E-state index >= 15 is 0 Å². The third kappa shape index (κ3) is 4.03. The van der Waals surface area contributed by atoms with Gasteiger partial charge in [0.2, 0.25) is 0 Å². The largest absolute Gasteiger partial charge is 0.389 e. The Morgan fingerprint density at radius 1 is 1.53 bits per heavy atom. The summed E-state index contributed by atoms with van der Waals surface area (Å²) in [5.74, 6) is 0.879. The third-order valence-electron chi connectivity index (χ3n) is 1.98. The highest BCUT2D eigenvalue weighted by Crippen LogP contribution is 2.29. The topological polar surface area (TPSA) is 29.5 Å². The minimum Gasteiger partial charge on any atom is -0.389 e. The van der Waals surface area contributed by atoms with Crippen LogP contribution in [-0.2, 0) is 4.74 Å². The number of benzene rings is 1. The minimum atomic E-state index is -0.472. The molecule has 84 valence electrons. The van der Waals surface area contributed by atoms with Gasteiger partial charge >= 0.3 is 0 Å². The summed E-state index contributed by atoms with van der Waals surface area (Å²) in [7, 11) is 1.68. The zero-order valence-corrected chi connectivity index (χ0v) is 10.4. The van der Waals surface area contributed by atoms with Crippen molar-refractivity contribution in [3.63, 3.8) is 0 Å². The van der Waals surface area contributed by atoms with Gasteiger partial charge in [-0.05, 0) is 24.6 Å². The molecule has 0 unspecified atom stereocenters. The Labute approximate surface area is 99.6 Å². The molecule has 0 fully saturated rings. The molecule has 1 rings (SSSR count). The number of rotatable bonds is 5. The van der Waals surface area contributed by atoms with E-state index in [1.54, 1.807) is 31.9 Å². The molecule has 0 heterocycles. The normalized spacial score (nSPS) is 12.8. The summed E-state index contributed by atoms with van der Waals surface area (Å²) in [5, 5.41) is 10.1. The molecule has 0 bridgehead atoms. The van der Waals surface area contributed by atoms with Crippen LogP contribution in [0.4, 0.5) is 0 Å². The zero-order chi connectivity index (χ0) is 11.3. The van der Waals surface area contributed by atoms with Crippen molar-refractivity contribution in [3.05, 3.63) is 28.8 Å². The van der Waals surface area contributed by atoms with Gasteiger partial charge in [-0.2, -0.15) is 0 Å². The SMILES string of the molecule is COCCSc1ccc([C@@H](C)O)cc1Cl. The second-order valence-electron chi connectivity index (χ2n) is 3.21. The second-order valence-corrected chi connectivity index (χ2v) is 4.75. The van der Waals surface area contributed by atoms with Crippen LogP contribution in [0.15, 0.2) is 23.1 Å². The lowest BCUT2D eigenvalue weighted by Gasteiger charge is -2.08. The highest BCUT2D eigenvalue weighted by Gasteiger charge is 2.05. The van der Waals surface area contributed by atoms with Gasteiger partial charge in [0.25, 0.3) is 0 Å². The van der Waals surface area contributed by atoms with Gasteiger partial charge in [0, 0.05) is 17.8 Å². The van der Waals surface area contributed by atoms with Gasteiger partial charge in [-0.3, -0.25) is 0 Å². The lowest BCUT2D eigenvalue weighted by Crippen LogP contribution is -1.93. The van der Waals surface area contributed by atoms with Crippen LogP contribution < -0.4 is 0 Å². The molecule has 0 amide bonds. The Morgan fingerprint density at radius 2 is 2.27 bits per heavy atom. The maximum absolute atomic E-state index is 9.37. The van der Waals surface area contributed by atoms with Crippen LogP contribution in [0, 0.1) is 0 Å². The molecule has 1 aromatic rings. The quantitative estimate of drug-likeness (QED) is 0.639. The molecular formula is C11H15ClO2S. The van der Waals surface area contributed by atoms with Crippen LogP contribution in [0.3, 0.4) is 0 Å². The first-order valence-electron chi connectivity index (χ1n) is 4.74. The Balaban J connectivity index is 2.66. The van der Waals surface area contributed by atoms with E-state index < -0.39 is 6.10 Å². The monoisotopic (exact) mass is 246 g/mol. The maximum atomic E-state index is 9.37. The summed E-state index contributed by atoms with van der Waals surface area (Å²) in [6.45, 7) is 2.43. The first-order chi connectivity index (χ1) is 7.15. The fourth-order valence-corrected chi connectivity index (χ4v) is 2.31. The molecular weight excluding hydrogens is 232 g/mol. The van der Waals surface area contributed by atoms with Crippen molar-refractivity contribution in [3.8, 4) is 0 Å². The van der Waals surface area contributed by atoms with Crippen molar-refractivity contribution in [2.45, 2.75) is 17.9 Å². The predicted molar refractivity (Wildman–Crippen MR) is 64.7 cm³/mol. The number of ether oxygens (including phenoxy) is 1. The summed E-state index contributed by atoms with van der Waals surface area (Å²) in [6.07, 6.45) is -0.472. The van der Waals surface area contributed by atoms with E-state index in [1.165, 1.54) is 0 Å². The number of aliphatic hydroxyl groups excluding tert-OH is 1. The molecule has 2 nitrogen and oxygen atoms in total. The summed E-state index contributed by atoms with van der Waals surface area (Å²) in [4.78, 5) is 1.03. The highest BCUT2D eigenvalue weighted by molar-refractivity contribution is 7.99. The van der Waals surface area contributed by atoms with E-state index in [0.29, 0.717) is 11.6 Å². The van der Waals surface area contributed by atoms with Gasteiger partial charge in [-0.1, -0.05) is 17.7 Å². The average molecular weight is 247 g/mol. The fourth-order valence-electron chi connectivity index (χ4n) is 1.13. The van der Waals surface area contributed by atoms with E-state index in [0.717, 1.165) is 16.2 Å². The van der Waals surface area contributed by atoms with E-state index in [2.05, 4.69) is 0 Å². The van der Waals surface area contributed by atoms with Gasteiger partial charge in [0.15, 0.2) is 0 Å². The first kappa shape index (κ1) is 12.8. The molecule has 0 saturated carbocycles. The zero-order valence-electron chi connectivity index (χ0n) is 8.87. The highest BCUT2D eigenvalue weighted by atomic mass is 35.5. The van der Waals surface area contributed by atoms with Gasteiger partial charge in [0.05, 0.1) is 17.7 Å². The van der Waals surface area contributed by atoms with Crippen molar-refractivity contribution >= 4 is 23.4 Å². The molecule has 0 aliphatic heterocycles. The van der Waals surface area contributed by atoms with Crippen molar-refractivity contribution in [2.24, 2.45) is 0 Å². The van der Waals surface area contributed by atoms with E-state index in [4.69, 9.17) is 16.3 Å².